The first-order valence-corrected chi connectivity index (χ1v) is 8.67. The van der Waals surface area contributed by atoms with E-state index in [1.807, 2.05) is 0 Å². The number of carbonyl (C=O) groups excluding carboxylic acids is 4. The molecular weight excluding hydrogens is 378 g/mol. The second kappa shape index (κ2) is 10.0. The molecule has 0 aromatic heterocycles. The molecule has 0 saturated carbocycles. The van der Waals surface area contributed by atoms with E-state index in [1.165, 1.54) is 39.5 Å². The topological polar surface area (TPSA) is 108 Å². The van der Waals surface area contributed by atoms with E-state index < -0.39 is 17.8 Å². The van der Waals surface area contributed by atoms with Crippen LogP contribution >= 0.6 is 0 Å². The van der Waals surface area contributed by atoms with Gasteiger partial charge in [-0.3, -0.25) is 9.59 Å². The number of nitrogens with one attached hydrogen (secondary N) is 1. The van der Waals surface area contributed by atoms with E-state index in [4.69, 9.17) is 4.74 Å². The summed E-state index contributed by atoms with van der Waals surface area (Å²) in [4.78, 5) is 48.2. The van der Waals surface area contributed by atoms with Gasteiger partial charge in [0.05, 0.1) is 38.1 Å². The first-order chi connectivity index (χ1) is 13.9. The molecule has 8 nitrogen and oxygen atoms in total. The zero-order valence-electron chi connectivity index (χ0n) is 16.3. The minimum Gasteiger partial charge on any atom is -0.497 e. The van der Waals surface area contributed by atoms with Crippen molar-refractivity contribution >= 4 is 29.3 Å². The van der Waals surface area contributed by atoms with Crippen molar-refractivity contribution in [2.24, 2.45) is 0 Å². The Hall–Kier alpha value is -3.68. The Morgan fingerprint density at radius 1 is 0.793 bits per heavy atom. The summed E-state index contributed by atoms with van der Waals surface area (Å²) in [5.74, 6) is -1.36. The molecule has 0 bridgehead atoms. The van der Waals surface area contributed by atoms with Gasteiger partial charge in [0.25, 0.3) is 0 Å². The molecule has 0 aliphatic rings. The summed E-state index contributed by atoms with van der Waals surface area (Å²) in [6, 6.07) is 10.6. The van der Waals surface area contributed by atoms with Crippen LogP contribution in [0.1, 0.15) is 43.9 Å². The largest absolute Gasteiger partial charge is 0.497 e. The Morgan fingerprint density at radius 3 is 2.00 bits per heavy atom. The molecular formula is C21H21NO7. The van der Waals surface area contributed by atoms with Crippen LogP contribution in [0.4, 0.5) is 5.69 Å². The lowest BCUT2D eigenvalue weighted by Gasteiger charge is -2.11. The molecule has 0 aliphatic carbocycles. The van der Waals surface area contributed by atoms with Crippen LogP contribution in [-0.4, -0.2) is 45.0 Å². The summed E-state index contributed by atoms with van der Waals surface area (Å²) in [6.45, 7) is 0. The Morgan fingerprint density at radius 2 is 1.41 bits per heavy atom. The average Bonchev–Trinajstić information content (AvgIpc) is 2.76. The highest BCUT2D eigenvalue weighted by atomic mass is 16.5. The Bertz CT molecular complexity index is 919. The maximum Gasteiger partial charge on any atom is 0.339 e. The molecule has 152 valence electrons. The number of ketones is 1. The normalized spacial score (nSPS) is 10.0. The molecule has 0 atom stereocenters. The molecule has 1 amide bonds. The van der Waals surface area contributed by atoms with E-state index in [1.54, 1.807) is 24.3 Å². The van der Waals surface area contributed by atoms with Crippen molar-refractivity contribution in [1.29, 1.82) is 0 Å². The number of Topliss-reactive ketones (excluding diaryl/α,β-unsaturated/α-hetero) is 1. The summed E-state index contributed by atoms with van der Waals surface area (Å²) in [6.07, 6.45) is -0.129. The van der Waals surface area contributed by atoms with Gasteiger partial charge in [-0.15, -0.1) is 0 Å². The number of hydrogen-bond donors (Lipinski definition) is 1. The molecule has 0 unspecified atom stereocenters. The molecule has 2 aromatic carbocycles. The first-order valence-electron chi connectivity index (χ1n) is 8.67. The van der Waals surface area contributed by atoms with Crippen LogP contribution < -0.4 is 10.1 Å². The lowest BCUT2D eigenvalue weighted by molar-refractivity contribution is -0.116. The van der Waals surface area contributed by atoms with Gasteiger partial charge in [-0.05, 0) is 42.5 Å². The fourth-order valence-electron chi connectivity index (χ4n) is 2.54. The second-order valence-electron chi connectivity index (χ2n) is 5.94. The predicted octanol–water partition coefficient (Wildman–Crippen LogP) is 2.87. The molecule has 0 heterocycles. The van der Waals surface area contributed by atoms with Crippen LogP contribution in [-0.2, 0) is 14.3 Å². The highest BCUT2D eigenvalue weighted by Gasteiger charge is 2.18. The van der Waals surface area contributed by atoms with E-state index in [9.17, 15) is 19.2 Å². The Labute approximate surface area is 167 Å². The van der Waals surface area contributed by atoms with Crippen LogP contribution in [0.3, 0.4) is 0 Å². The fraction of sp³-hybridized carbons (Fsp3) is 0.238. The molecule has 1 N–H and O–H groups in total. The number of benzene rings is 2. The predicted molar refractivity (Wildman–Crippen MR) is 104 cm³/mol. The lowest BCUT2D eigenvalue weighted by Crippen LogP contribution is -2.17. The number of esters is 2. The van der Waals surface area contributed by atoms with Gasteiger partial charge in [-0.2, -0.15) is 0 Å². The van der Waals surface area contributed by atoms with Crippen molar-refractivity contribution < 1.29 is 33.4 Å². The number of methoxy groups -OCH3 is 3. The van der Waals surface area contributed by atoms with E-state index in [-0.39, 0.29) is 35.4 Å². The van der Waals surface area contributed by atoms with Crippen LogP contribution in [0.15, 0.2) is 42.5 Å². The highest BCUT2D eigenvalue weighted by Crippen LogP contribution is 2.20. The maximum absolute atomic E-state index is 12.3. The summed E-state index contributed by atoms with van der Waals surface area (Å²) in [7, 11) is 3.95. The van der Waals surface area contributed by atoms with Crippen LogP contribution in [0.2, 0.25) is 0 Å². The van der Waals surface area contributed by atoms with Gasteiger partial charge >= 0.3 is 11.9 Å². The van der Waals surface area contributed by atoms with Crippen molar-refractivity contribution in [3.05, 3.63) is 59.2 Å². The summed E-state index contributed by atoms with van der Waals surface area (Å²) >= 11 is 0. The number of anilines is 1. The van der Waals surface area contributed by atoms with E-state index in [2.05, 4.69) is 14.8 Å². The molecule has 0 spiro atoms. The van der Waals surface area contributed by atoms with Crippen molar-refractivity contribution in [2.75, 3.05) is 26.6 Å². The standard InChI is InChI=1S/C21H21NO7/c1-27-15-7-4-13(5-8-15)18(23)10-11-19(24)22-17-12-14(20(25)28-2)6-9-16(17)21(26)29-3/h4-9,12H,10-11H2,1-3H3,(H,22,24). The van der Waals surface area contributed by atoms with E-state index in [0.29, 0.717) is 11.3 Å². The molecule has 8 heteroatoms. The lowest BCUT2D eigenvalue weighted by atomic mass is 10.1. The molecule has 0 aliphatic heterocycles. The molecule has 2 aromatic rings. The van der Waals surface area contributed by atoms with Crippen molar-refractivity contribution in [2.45, 2.75) is 12.8 Å². The first kappa shape index (κ1) is 21.6. The third-order valence-corrected chi connectivity index (χ3v) is 4.11. The molecule has 0 radical (unpaired) electrons. The van der Waals surface area contributed by atoms with Gasteiger partial charge in [0, 0.05) is 18.4 Å². The molecule has 0 saturated heterocycles. The third kappa shape index (κ3) is 5.65. The maximum atomic E-state index is 12.3. The van der Waals surface area contributed by atoms with Crippen LogP contribution in [0, 0.1) is 0 Å². The van der Waals surface area contributed by atoms with Crippen molar-refractivity contribution in [3.63, 3.8) is 0 Å². The zero-order valence-corrected chi connectivity index (χ0v) is 16.3. The quantitative estimate of drug-likeness (QED) is 0.537. The molecule has 0 fully saturated rings. The Balaban J connectivity index is 2.08. The van der Waals surface area contributed by atoms with Gasteiger partial charge in [-0.25, -0.2) is 9.59 Å². The van der Waals surface area contributed by atoms with Gasteiger partial charge in [0.2, 0.25) is 5.91 Å². The average molecular weight is 399 g/mol. The second-order valence-corrected chi connectivity index (χ2v) is 5.94. The SMILES string of the molecule is COC(=O)c1ccc(C(=O)OC)c(NC(=O)CCC(=O)c2ccc(OC)cc2)c1. The van der Waals surface area contributed by atoms with E-state index >= 15 is 0 Å². The van der Waals surface area contributed by atoms with Gasteiger partial charge in [-0.1, -0.05) is 0 Å². The number of hydrogen-bond acceptors (Lipinski definition) is 7. The molecule has 2 rings (SSSR count). The van der Waals surface area contributed by atoms with Crippen LogP contribution in [0.5, 0.6) is 5.75 Å². The smallest absolute Gasteiger partial charge is 0.339 e. The summed E-state index contributed by atoms with van der Waals surface area (Å²) in [5, 5.41) is 2.55. The summed E-state index contributed by atoms with van der Waals surface area (Å²) in [5.41, 5.74) is 0.794. The van der Waals surface area contributed by atoms with Crippen molar-refractivity contribution in [1.82, 2.24) is 0 Å². The van der Waals surface area contributed by atoms with Gasteiger partial charge in [0.15, 0.2) is 5.78 Å². The zero-order chi connectivity index (χ0) is 21.4. The van der Waals surface area contributed by atoms with Crippen LogP contribution in [0.25, 0.3) is 0 Å². The Kier molecular flexibility index (Phi) is 7.47. The number of ether oxygens (including phenoxy) is 3. The van der Waals surface area contributed by atoms with Crippen molar-refractivity contribution in [3.8, 4) is 5.75 Å². The number of rotatable bonds is 8. The third-order valence-electron chi connectivity index (χ3n) is 4.11. The minimum absolute atomic E-state index is 0.0254. The summed E-state index contributed by atoms with van der Waals surface area (Å²) < 4.78 is 14.4. The number of amides is 1. The van der Waals surface area contributed by atoms with Gasteiger partial charge in [0.1, 0.15) is 5.75 Å². The van der Waals surface area contributed by atoms with E-state index in [0.717, 1.165) is 0 Å². The monoisotopic (exact) mass is 399 g/mol. The highest BCUT2D eigenvalue weighted by molar-refractivity contribution is 6.05. The molecule has 29 heavy (non-hydrogen) atoms. The van der Waals surface area contributed by atoms with Gasteiger partial charge < -0.3 is 19.5 Å². The number of carbonyl (C=O) groups is 4. The minimum atomic E-state index is -0.675. The fourth-order valence-corrected chi connectivity index (χ4v) is 2.54.